The van der Waals surface area contributed by atoms with Crippen LogP contribution in [0, 0.1) is 0 Å². The minimum Gasteiger partial charge on any atom is -0.495 e. The van der Waals surface area contributed by atoms with Crippen molar-refractivity contribution >= 4 is 21.6 Å². The smallest absolute Gasteiger partial charge is 0.244 e. The lowest BCUT2D eigenvalue weighted by Crippen LogP contribution is -2.32. The summed E-state index contributed by atoms with van der Waals surface area (Å²) >= 11 is 5.85. The molecule has 6 heteroatoms. The molecular formula is C12H16ClNO3S. The van der Waals surface area contributed by atoms with E-state index in [2.05, 4.69) is 4.72 Å². The Morgan fingerprint density at radius 2 is 2.00 bits per heavy atom. The van der Waals surface area contributed by atoms with E-state index in [9.17, 15) is 8.42 Å². The van der Waals surface area contributed by atoms with Crippen LogP contribution >= 0.6 is 11.6 Å². The number of benzene rings is 1. The van der Waals surface area contributed by atoms with Crippen LogP contribution in [0.15, 0.2) is 23.1 Å². The predicted molar refractivity (Wildman–Crippen MR) is 70.6 cm³/mol. The minimum atomic E-state index is -3.57. The van der Waals surface area contributed by atoms with Gasteiger partial charge in [0.25, 0.3) is 0 Å². The molecule has 100 valence electrons. The maximum Gasteiger partial charge on any atom is 0.244 e. The molecule has 1 aromatic rings. The van der Waals surface area contributed by atoms with Crippen molar-refractivity contribution in [1.29, 1.82) is 0 Å². The summed E-state index contributed by atoms with van der Waals surface area (Å²) in [6.45, 7) is 0. The van der Waals surface area contributed by atoms with Crippen LogP contribution in [0.1, 0.15) is 25.7 Å². The Labute approximate surface area is 112 Å². The third kappa shape index (κ3) is 2.96. The van der Waals surface area contributed by atoms with Crippen molar-refractivity contribution in [3.8, 4) is 5.75 Å². The van der Waals surface area contributed by atoms with Gasteiger partial charge in [0.15, 0.2) is 0 Å². The largest absolute Gasteiger partial charge is 0.495 e. The third-order valence-electron chi connectivity index (χ3n) is 3.09. The summed E-state index contributed by atoms with van der Waals surface area (Å²) in [5.74, 6) is 0.310. The number of nitrogens with one attached hydrogen (secondary N) is 1. The SMILES string of the molecule is COc1ccc(Cl)cc1S(=O)(=O)NC1CCCC1. The van der Waals surface area contributed by atoms with Crippen LogP contribution in [-0.2, 0) is 10.0 Å². The molecule has 1 aromatic carbocycles. The molecule has 18 heavy (non-hydrogen) atoms. The molecule has 0 unspecified atom stereocenters. The van der Waals surface area contributed by atoms with Gasteiger partial charge in [0, 0.05) is 11.1 Å². The second-order valence-corrected chi connectivity index (χ2v) is 6.52. The van der Waals surface area contributed by atoms with Crippen molar-refractivity contribution in [3.05, 3.63) is 23.2 Å². The maximum absolute atomic E-state index is 12.3. The van der Waals surface area contributed by atoms with Crippen LogP contribution in [0.25, 0.3) is 0 Å². The lowest BCUT2D eigenvalue weighted by molar-refractivity contribution is 0.402. The number of sulfonamides is 1. The van der Waals surface area contributed by atoms with Gasteiger partial charge < -0.3 is 4.74 Å². The van der Waals surface area contributed by atoms with Gasteiger partial charge in [-0.25, -0.2) is 13.1 Å². The second-order valence-electron chi connectivity index (χ2n) is 4.40. The van der Waals surface area contributed by atoms with Crippen LogP contribution in [0.2, 0.25) is 5.02 Å². The zero-order chi connectivity index (χ0) is 13.2. The number of hydrogen-bond acceptors (Lipinski definition) is 3. The first-order valence-corrected chi connectivity index (χ1v) is 7.75. The molecule has 0 spiro atoms. The van der Waals surface area contributed by atoms with Gasteiger partial charge in [0.05, 0.1) is 7.11 Å². The van der Waals surface area contributed by atoms with E-state index in [1.807, 2.05) is 0 Å². The van der Waals surface area contributed by atoms with Crippen LogP contribution in [-0.4, -0.2) is 21.6 Å². The summed E-state index contributed by atoms with van der Waals surface area (Å²) < 4.78 is 32.3. The number of rotatable bonds is 4. The summed E-state index contributed by atoms with van der Waals surface area (Å²) in [5.41, 5.74) is 0. The van der Waals surface area contributed by atoms with Gasteiger partial charge in [-0.3, -0.25) is 0 Å². The lowest BCUT2D eigenvalue weighted by Gasteiger charge is -2.14. The first-order chi connectivity index (χ1) is 8.53. The first kappa shape index (κ1) is 13.6. The summed E-state index contributed by atoms with van der Waals surface area (Å²) in [6, 6.07) is 4.61. The summed E-state index contributed by atoms with van der Waals surface area (Å²) in [4.78, 5) is 0.101. The average molecular weight is 290 g/mol. The van der Waals surface area contributed by atoms with Gasteiger partial charge >= 0.3 is 0 Å². The minimum absolute atomic E-state index is 0.0266. The molecule has 1 saturated carbocycles. The number of halogens is 1. The molecule has 0 bridgehead atoms. The molecule has 0 aromatic heterocycles. The van der Waals surface area contributed by atoms with Gasteiger partial charge in [0.1, 0.15) is 10.6 Å². The van der Waals surface area contributed by atoms with Crippen molar-refractivity contribution in [1.82, 2.24) is 4.72 Å². The Morgan fingerprint density at radius 3 is 2.61 bits per heavy atom. The quantitative estimate of drug-likeness (QED) is 0.927. The standard InChI is InChI=1S/C12H16ClNO3S/c1-17-11-7-6-9(13)8-12(11)18(15,16)14-10-4-2-3-5-10/h6-8,10,14H,2-5H2,1H3. The van der Waals surface area contributed by atoms with Gasteiger partial charge in [0.2, 0.25) is 10.0 Å². The van der Waals surface area contributed by atoms with Crippen molar-refractivity contribution < 1.29 is 13.2 Å². The second kappa shape index (κ2) is 5.47. The van der Waals surface area contributed by atoms with E-state index in [1.54, 1.807) is 12.1 Å². The highest BCUT2D eigenvalue weighted by molar-refractivity contribution is 7.89. The van der Waals surface area contributed by atoms with Crippen LogP contribution in [0.5, 0.6) is 5.75 Å². The van der Waals surface area contributed by atoms with Crippen molar-refractivity contribution in [3.63, 3.8) is 0 Å². The van der Waals surface area contributed by atoms with E-state index >= 15 is 0 Å². The van der Waals surface area contributed by atoms with Crippen molar-refractivity contribution in [2.45, 2.75) is 36.6 Å². The molecule has 0 amide bonds. The monoisotopic (exact) mass is 289 g/mol. The molecule has 4 nitrogen and oxygen atoms in total. The van der Waals surface area contributed by atoms with Gasteiger partial charge in [-0.15, -0.1) is 0 Å². The molecule has 2 rings (SSSR count). The van der Waals surface area contributed by atoms with E-state index in [4.69, 9.17) is 16.3 Å². The van der Waals surface area contributed by atoms with E-state index in [0.717, 1.165) is 25.7 Å². The molecule has 0 saturated heterocycles. The Kier molecular flexibility index (Phi) is 4.14. The Hall–Kier alpha value is -0.780. The maximum atomic E-state index is 12.3. The number of methoxy groups -OCH3 is 1. The fraction of sp³-hybridized carbons (Fsp3) is 0.500. The summed E-state index contributed by atoms with van der Waals surface area (Å²) in [6.07, 6.45) is 3.92. The Morgan fingerprint density at radius 1 is 1.33 bits per heavy atom. The van der Waals surface area contributed by atoms with Gasteiger partial charge in [-0.05, 0) is 31.0 Å². The average Bonchev–Trinajstić information content (AvgIpc) is 2.81. The molecule has 0 radical (unpaired) electrons. The van der Waals surface area contributed by atoms with E-state index in [1.165, 1.54) is 13.2 Å². The fourth-order valence-electron chi connectivity index (χ4n) is 2.19. The van der Waals surface area contributed by atoms with Crippen LogP contribution in [0.3, 0.4) is 0 Å². The molecule has 0 aliphatic heterocycles. The van der Waals surface area contributed by atoms with Crippen molar-refractivity contribution in [2.75, 3.05) is 7.11 Å². The molecule has 1 aliphatic carbocycles. The molecule has 1 fully saturated rings. The zero-order valence-corrected chi connectivity index (χ0v) is 11.7. The molecule has 1 aliphatic rings. The summed E-state index contributed by atoms with van der Waals surface area (Å²) in [5, 5.41) is 0.377. The van der Waals surface area contributed by atoms with Gasteiger partial charge in [-0.1, -0.05) is 24.4 Å². The predicted octanol–water partition coefficient (Wildman–Crippen LogP) is 2.57. The lowest BCUT2D eigenvalue weighted by atomic mass is 10.3. The highest BCUT2D eigenvalue weighted by Gasteiger charge is 2.25. The van der Waals surface area contributed by atoms with E-state index in [0.29, 0.717) is 10.8 Å². The van der Waals surface area contributed by atoms with E-state index in [-0.39, 0.29) is 10.9 Å². The van der Waals surface area contributed by atoms with Crippen LogP contribution < -0.4 is 9.46 Å². The Balaban J connectivity index is 2.30. The molecule has 1 N–H and O–H groups in total. The van der Waals surface area contributed by atoms with Crippen molar-refractivity contribution in [2.24, 2.45) is 0 Å². The van der Waals surface area contributed by atoms with Crippen LogP contribution in [0.4, 0.5) is 0 Å². The molecular weight excluding hydrogens is 274 g/mol. The number of hydrogen-bond donors (Lipinski definition) is 1. The normalized spacial score (nSPS) is 17.0. The number of ether oxygens (including phenoxy) is 1. The zero-order valence-electron chi connectivity index (χ0n) is 10.1. The summed E-state index contributed by atoms with van der Waals surface area (Å²) in [7, 11) is -2.13. The fourth-order valence-corrected chi connectivity index (χ4v) is 3.92. The highest BCUT2D eigenvalue weighted by Crippen LogP contribution is 2.28. The highest BCUT2D eigenvalue weighted by atomic mass is 35.5. The topological polar surface area (TPSA) is 55.4 Å². The van der Waals surface area contributed by atoms with Gasteiger partial charge in [-0.2, -0.15) is 0 Å². The molecule has 0 atom stereocenters. The van der Waals surface area contributed by atoms with E-state index < -0.39 is 10.0 Å². The molecule has 0 heterocycles. The third-order valence-corrected chi connectivity index (χ3v) is 4.87. The first-order valence-electron chi connectivity index (χ1n) is 5.89. The Bertz CT molecular complexity index is 524.